The normalized spacial score (nSPS) is 12.6. The van der Waals surface area contributed by atoms with Gasteiger partial charge in [0.2, 0.25) is 0 Å². The van der Waals surface area contributed by atoms with Crippen molar-refractivity contribution in [2.24, 2.45) is 0 Å². The smallest absolute Gasteiger partial charge is 0.338 e. The van der Waals surface area contributed by atoms with Gasteiger partial charge in [0.05, 0.1) is 18.8 Å². The molecule has 0 fully saturated rings. The second-order valence-electron chi connectivity index (χ2n) is 5.30. The average molecular weight is 353 g/mol. The molecular formula is C17H23NO7. The molecule has 0 aliphatic carbocycles. The summed E-state index contributed by atoms with van der Waals surface area (Å²) in [6.07, 6.45) is 0. The molecule has 2 rings (SSSR count). The van der Waals surface area contributed by atoms with Gasteiger partial charge >= 0.3 is 5.97 Å². The second-order valence-corrected chi connectivity index (χ2v) is 5.30. The summed E-state index contributed by atoms with van der Waals surface area (Å²) >= 11 is 0. The van der Waals surface area contributed by atoms with Crippen LogP contribution in [0.25, 0.3) is 0 Å². The van der Waals surface area contributed by atoms with E-state index in [2.05, 4.69) is 0 Å². The number of nitrogens with zero attached hydrogens (tertiary/aromatic N) is 1. The lowest BCUT2D eigenvalue weighted by Gasteiger charge is -2.22. The van der Waals surface area contributed by atoms with Crippen LogP contribution in [-0.4, -0.2) is 77.1 Å². The van der Waals surface area contributed by atoms with E-state index >= 15 is 0 Å². The maximum Gasteiger partial charge on any atom is 0.338 e. The standard InChI is InChI=1S/C17H23NO7/c1-21-7-5-18(6-8-22-2)16(19)12-25-17(20)13-3-4-14-15(11-13)24-10-9-23-14/h3-4,11H,5-10,12H2,1-2H3. The van der Waals surface area contributed by atoms with Gasteiger partial charge in [0.1, 0.15) is 13.2 Å². The van der Waals surface area contributed by atoms with E-state index in [1.807, 2.05) is 0 Å². The van der Waals surface area contributed by atoms with Crippen LogP contribution in [0.1, 0.15) is 10.4 Å². The van der Waals surface area contributed by atoms with Gasteiger partial charge in [-0.25, -0.2) is 4.79 Å². The lowest BCUT2D eigenvalue weighted by atomic mass is 10.2. The molecule has 0 saturated heterocycles. The number of hydrogen-bond donors (Lipinski definition) is 0. The van der Waals surface area contributed by atoms with Crippen molar-refractivity contribution < 1.29 is 33.3 Å². The Hall–Kier alpha value is -2.32. The average Bonchev–Trinajstić information content (AvgIpc) is 2.65. The first-order chi connectivity index (χ1) is 12.2. The van der Waals surface area contributed by atoms with Crippen molar-refractivity contribution >= 4 is 11.9 Å². The van der Waals surface area contributed by atoms with Crippen LogP contribution in [0.5, 0.6) is 11.5 Å². The fourth-order valence-corrected chi connectivity index (χ4v) is 2.24. The Balaban J connectivity index is 1.89. The highest BCUT2D eigenvalue weighted by Gasteiger charge is 2.19. The van der Waals surface area contributed by atoms with E-state index < -0.39 is 5.97 Å². The molecular weight excluding hydrogens is 330 g/mol. The molecule has 0 radical (unpaired) electrons. The molecule has 0 atom stereocenters. The van der Waals surface area contributed by atoms with Crippen LogP contribution in [-0.2, 0) is 19.0 Å². The Morgan fingerprint density at radius 1 is 1.04 bits per heavy atom. The van der Waals surface area contributed by atoms with Gasteiger partial charge in [-0.15, -0.1) is 0 Å². The molecule has 138 valence electrons. The minimum atomic E-state index is -0.594. The number of amides is 1. The van der Waals surface area contributed by atoms with Gasteiger partial charge in [-0.2, -0.15) is 0 Å². The number of rotatable bonds is 9. The Labute approximate surface area is 146 Å². The summed E-state index contributed by atoms with van der Waals surface area (Å²) in [7, 11) is 3.11. The van der Waals surface area contributed by atoms with Gasteiger partial charge in [-0.1, -0.05) is 0 Å². The molecule has 0 saturated carbocycles. The first-order valence-electron chi connectivity index (χ1n) is 7.98. The fraction of sp³-hybridized carbons (Fsp3) is 0.529. The summed E-state index contributed by atoms with van der Waals surface area (Å²) in [5.41, 5.74) is 0.303. The van der Waals surface area contributed by atoms with Crippen molar-refractivity contribution in [3.05, 3.63) is 23.8 Å². The number of benzene rings is 1. The summed E-state index contributed by atoms with van der Waals surface area (Å²) in [4.78, 5) is 25.9. The maximum atomic E-state index is 12.2. The van der Waals surface area contributed by atoms with Gasteiger partial charge in [0.15, 0.2) is 18.1 Å². The van der Waals surface area contributed by atoms with Crippen LogP contribution in [0.4, 0.5) is 0 Å². The molecule has 8 heteroatoms. The third-order valence-corrected chi connectivity index (χ3v) is 3.59. The highest BCUT2D eigenvalue weighted by atomic mass is 16.6. The molecule has 1 amide bonds. The molecule has 0 aromatic heterocycles. The summed E-state index contributed by atoms with van der Waals surface area (Å²) in [6.45, 7) is 2.15. The highest BCUT2D eigenvalue weighted by molar-refractivity contribution is 5.92. The fourth-order valence-electron chi connectivity index (χ4n) is 2.24. The number of ether oxygens (including phenoxy) is 5. The quantitative estimate of drug-likeness (QED) is 0.605. The van der Waals surface area contributed by atoms with E-state index in [9.17, 15) is 9.59 Å². The molecule has 1 aromatic carbocycles. The van der Waals surface area contributed by atoms with Gasteiger partial charge in [0, 0.05) is 27.3 Å². The zero-order chi connectivity index (χ0) is 18.1. The maximum absolute atomic E-state index is 12.2. The van der Waals surface area contributed by atoms with Crippen LogP contribution in [0.2, 0.25) is 0 Å². The lowest BCUT2D eigenvalue weighted by molar-refractivity contribution is -0.135. The third-order valence-electron chi connectivity index (χ3n) is 3.59. The van der Waals surface area contributed by atoms with Crippen molar-refractivity contribution in [3.63, 3.8) is 0 Å². The molecule has 0 N–H and O–H groups in total. The van der Waals surface area contributed by atoms with E-state index in [0.717, 1.165) is 0 Å². The van der Waals surface area contributed by atoms with Crippen LogP contribution in [0.3, 0.4) is 0 Å². The third kappa shape index (κ3) is 5.61. The van der Waals surface area contributed by atoms with E-state index in [1.54, 1.807) is 32.4 Å². The Bertz CT molecular complexity index is 582. The summed E-state index contributed by atoms with van der Waals surface area (Å²) in [5, 5.41) is 0. The monoisotopic (exact) mass is 353 g/mol. The van der Waals surface area contributed by atoms with Crippen LogP contribution >= 0.6 is 0 Å². The number of carbonyl (C=O) groups is 2. The molecule has 0 unspecified atom stereocenters. The molecule has 8 nitrogen and oxygen atoms in total. The summed E-state index contributed by atoms with van der Waals surface area (Å²) < 4.78 is 25.9. The van der Waals surface area contributed by atoms with Crippen molar-refractivity contribution in [2.75, 3.05) is 60.3 Å². The predicted octanol–water partition coefficient (Wildman–Crippen LogP) is 0.736. The van der Waals surface area contributed by atoms with Crippen molar-refractivity contribution in [1.82, 2.24) is 4.90 Å². The number of hydrogen-bond acceptors (Lipinski definition) is 7. The molecule has 1 aliphatic rings. The molecule has 1 aliphatic heterocycles. The summed E-state index contributed by atoms with van der Waals surface area (Å²) in [5.74, 6) is 0.182. The van der Waals surface area contributed by atoms with Crippen molar-refractivity contribution in [2.45, 2.75) is 0 Å². The zero-order valence-electron chi connectivity index (χ0n) is 14.5. The van der Waals surface area contributed by atoms with E-state index in [-0.39, 0.29) is 12.5 Å². The van der Waals surface area contributed by atoms with E-state index in [1.165, 1.54) is 4.90 Å². The number of fused-ring (bicyclic) bond motifs is 1. The first-order valence-corrected chi connectivity index (χ1v) is 7.98. The first kappa shape index (κ1) is 19.0. The van der Waals surface area contributed by atoms with Gasteiger partial charge < -0.3 is 28.6 Å². The number of methoxy groups -OCH3 is 2. The lowest BCUT2D eigenvalue weighted by Crippen LogP contribution is -2.39. The van der Waals surface area contributed by atoms with Crippen LogP contribution in [0.15, 0.2) is 18.2 Å². The summed E-state index contributed by atoms with van der Waals surface area (Å²) in [6, 6.07) is 4.78. The highest BCUT2D eigenvalue weighted by Crippen LogP contribution is 2.30. The molecule has 1 heterocycles. The van der Waals surface area contributed by atoms with Gasteiger partial charge in [-0.05, 0) is 18.2 Å². The molecule has 0 spiro atoms. The molecule has 1 aromatic rings. The number of carbonyl (C=O) groups excluding carboxylic acids is 2. The van der Waals surface area contributed by atoms with Gasteiger partial charge in [-0.3, -0.25) is 4.79 Å². The van der Waals surface area contributed by atoms with E-state index in [4.69, 9.17) is 23.7 Å². The number of esters is 1. The Kier molecular flexibility index (Phi) is 7.49. The van der Waals surface area contributed by atoms with Crippen LogP contribution in [0, 0.1) is 0 Å². The second kappa shape index (κ2) is 9.85. The Morgan fingerprint density at radius 3 is 2.32 bits per heavy atom. The van der Waals surface area contributed by atoms with E-state index in [0.29, 0.717) is 56.6 Å². The topological polar surface area (TPSA) is 83.5 Å². The molecule has 0 bridgehead atoms. The SMILES string of the molecule is COCCN(CCOC)C(=O)COC(=O)c1ccc2c(c1)OCCO2. The minimum Gasteiger partial charge on any atom is -0.486 e. The van der Waals surface area contributed by atoms with Crippen molar-refractivity contribution in [3.8, 4) is 11.5 Å². The predicted molar refractivity (Wildman–Crippen MR) is 88.0 cm³/mol. The van der Waals surface area contributed by atoms with Crippen molar-refractivity contribution in [1.29, 1.82) is 0 Å². The van der Waals surface area contributed by atoms with Crippen LogP contribution < -0.4 is 9.47 Å². The minimum absolute atomic E-state index is 0.303. The molecule has 25 heavy (non-hydrogen) atoms. The zero-order valence-corrected chi connectivity index (χ0v) is 14.5. The van der Waals surface area contributed by atoms with Gasteiger partial charge in [0.25, 0.3) is 5.91 Å². The largest absolute Gasteiger partial charge is 0.486 e. The Morgan fingerprint density at radius 2 is 1.68 bits per heavy atom.